The number of aliphatic carboxylic acids is 1. The first-order valence-electron chi connectivity index (χ1n) is 6.93. The van der Waals surface area contributed by atoms with Gasteiger partial charge in [-0.2, -0.15) is 0 Å². The first-order chi connectivity index (χ1) is 10.4. The lowest BCUT2D eigenvalue weighted by molar-refractivity contribution is -0.870. The molecule has 0 radical (unpaired) electrons. The van der Waals surface area contributed by atoms with Gasteiger partial charge in [-0.3, -0.25) is 4.79 Å². The first kappa shape index (κ1) is 30.1. The van der Waals surface area contributed by atoms with Gasteiger partial charge in [0.2, 0.25) is 0 Å². The molecule has 10 heteroatoms. The van der Waals surface area contributed by atoms with E-state index < -0.39 is 18.2 Å². The Bertz CT molecular complexity index is 231. The van der Waals surface area contributed by atoms with Crippen LogP contribution in [0.15, 0.2) is 0 Å². The van der Waals surface area contributed by atoms with Crippen LogP contribution in [0.3, 0.4) is 0 Å². The van der Waals surface area contributed by atoms with Crippen molar-refractivity contribution in [1.82, 2.24) is 0 Å². The summed E-state index contributed by atoms with van der Waals surface area (Å²) < 4.78 is 0.844. The maximum Gasteiger partial charge on any atom is 0.317 e. The molecule has 0 aliphatic rings. The molecule has 9 N–H and O–H groups in total. The van der Waals surface area contributed by atoms with E-state index >= 15 is 0 Å². The normalized spacial score (nSPS) is 11.1. The van der Waals surface area contributed by atoms with Crippen molar-refractivity contribution in [2.75, 3.05) is 60.7 Å². The summed E-state index contributed by atoms with van der Waals surface area (Å²) in [5, 5.41) is 56.0. The number of carboxylic acids is 1. The fraction of sp³-hybridized carbons (Fsp3) is 0.923. The molecule has 1 unspecified atom stereocenters. The minimum atomic E-state index is -0.968. The van der Waals surface area contributed by atoms with Crippen LogP contribution in [0.4, 0.5) is 0 Å². The summed E-state index contributed by atoms with van der Waals surface area (Å²) in [5.41, 5.74) is 4.57. The summed E-state index contributed by atoms with van der Waals surface area (Å²) in [6, 6.07) is 0. The number of hydrogen-bond donors (Lipinski definition) is 8. The van der Waals surface area contributed by atoms with Crippen molar-refractivity contribution >= 4 is 5.97 Å². The van der Waals surface area contributed by atoms with E-state index in [2.05, 4.69) is 26.9 Å². The van der Waals surface area contributed by atoms with Crippen molar-refractivity contribution in [3.63, 3.8) is 0 Å². The number of nitrogens with zero attached hydrogens (tertiary/aromatic N) is 1. The van der Waals surface area contributed by atoms with E-state index in [4.69, 9.17) is 35.7 Å². The van der Waals surface area contributed by atoms with Gasteiger partial charge in [0.15, 0.2) is 0 Å². The van der Waals surface area contributed by atoms with E-state index in [-0.39, 0.29) is 33.0 Å². The van der Waals surface area contributed by atoms with Gasteiger partial charge in [-0.05, 0) is 6.92 Å². The second-order valence-corrected chi connectivity index (χ2v) is 5.39. The molecule has 0 spiro atoms. The number of quaternary nitrogens is 1. The van der Waals surface area contributed by atoms with Crippen LogP contribution in [0.25, 0.3) is 0 Å². The summed E-state index contributed by atoms with van der Waals surface area (Å²) in [5.74, 6) is -0.968. The van der Waals surface area contributed by atoms with Crippen molar-refractivity contribution < 1.29 is 45.0 Å². The fourth-order valence-electron chi connectivity index (χ4n) is 0.358. The molecule has 0 aromatic heterocycles. The Hall–Kier alpha value is -0.850. The Morgan fingerprint density at radius 1 is 1.00 bits per heavy atom. The highest BCUT2D eigenvalue weighted by Crippen LogP contribution is 1.84. The van der Waals surface area contributed by atoms with Gasteiger partial charge < -0.3 is 46.0 Å². The monoisotopic (exact) mass is 347 g/mol. The molecular formula is C13H35N2O8+. The second kappa shape index (κ2) is 21.1. The fourth-order valence-corrected chi connectivity index (χ4v) is 0.358. The molecule has 144 valence electrons. The molecule has 0 bridgehead atoms. The predicted molar refractivity (Wildman–Crippen MR) is 85.6 cm³/mol. The van der Waals surface area contributed by atoms with E-state index in [1.807, 2.05) is 0 Å². The van der Waals surface area contributed by atoms with Gasteiger partial charge in [-0.1, -0.05) is 0 Å². The summed E-state index contributed by atoms with van der Waals surface area (Å²) in [7, 11) is 6.16. The maximum atomic E-state index is 9.24. The quantitative estimate of drug-likeness (QED) is 0.225. The number of rotatable bonds is 6. The van der Waals surface area contributed by atoms with Crippen molar-refractivity contribution in [1.29, 1.82) is 0 Å². The number of nitrogens with two attached hydrogens (primary N) is 1. The molecule has 1 atom stereocenters. The molecule has 10 nitrogen and oxygen atoms in total. The van der Waals surface area contributed by atoms with Crippen LogP contribution in [0.5, 0.6) is 0 Å². The Morgan fingerprint density at radius 2 is 1.30 bits per heavy atom. The second-order valence-electron chi connectivity index (χ2n) is 5.39. The molecule has 0 aromatic rings. The third-order valence-electron chi connectivity index (χ3n) is 1.63. The molecular weight excluding hydrogens is 312 g/mol. The van der Waals surface area contributed by atoms with Gasteiger partial charge in [0.05, 0.1) is 60.2 Å². The largest absolute Gasteiger partial charge is 0.480 e. The summed E-state index contributed by atoms with van der Waals surface area (Å²) in [6.45, 7) is 1.50. The van der Waals surface area contributed by atoms with E-state index in [0.29, 0.717) is 0 Å². The van der Waals surface area contributed by atoms with Gasteiger partial charge in [0.1, 0.15) is 12.6 Å². The van der Waals surface area contributed by atoms with Gasteiger partial charge in [-0.25, -0.2) is 0 Å². The molecule has 23 heavy (non-hydrogen) atoms. The summed E-state index contributed by atoms with van der Waals surface area (Å²) in [4.78, 5) is 9.24. The first-order valence-corrected chi connectivity index (χ1v) is 6.93. The standard InChI is InChI=1S/C5H14NO.C3H8O3.C3H8O2.C2H5NO2/c1-6(2,3)4-5-7;4-1-3(6)2-5;1-3(5)2-4;3-1-2(4)5/h7H,4-5H2,1-3H3;3-6H,1-2H2;3-5H,2H2,1H3;1,3H2,(H,4,5)/q+1;;;. The van der Waals surface area contributed by atoms with Crippen molar-refractivity contribution in [2.45, 2.75) is 19.1 Å². The number of aliphatic hydroxyl groups excluding tert-OH is 6. The highest BCUT2D eigenvalue weighted by Gasteiger charge is 2.02. The molecule has 0 fully saturated rings. The molecule has 0 aromatic carbocycles. The van der Waals surface area contributed by atoms with Crippen LogP contribution in [-0.2, 0) is 4.79 Å². The summed E-state index contributed by atoms with van der Waals surface area (Å²) >= 11 is 0. The van der Waals surface area contributed by atoms with Crippen LogP contribution in [0.2, 0.25) is 0 Å². The van der Waals surface area contributed by atoms with Crippen LogP contribution < -0.4 is 5.73 Å². The van der Waals surface area contributed by atoms with E-state index in [1.165, 1.54) is 6.92 Å². The van der Waals surface area contributed by atoms with Crippen LogP contribution in [0.1, 0.15) is 6.92 Å². The zero-order chi connectivity index (χ0) is 19.5. The van der Waals surface area contributed by atoms with Gasteiger partial charge in [-0.15, -0.1) is 0 Å². The Balaban J connectivity index is -0.000000106. The number of carboxylic acid groups (broad SMARTS) is 1. The van der Waals surface area contributed by atoms with Crippen LogP contribution >= 0.6 is 0 Å². The Labute approximate surface area is 137 Å². The minimum Gasteiger partial charge on any atom is -0.480 e. The van der Waals surface area contributed by atoms with Crippen molar-refractivity contribution in [3.8, 4) is 0 Å². The molecule has 0 aliphatic heterocycles. The number of carbonyl (C=O) groups is 1. The molecule has 0 saturated carbocycles. The molecule has 0 amide bonds. The van der Waals surface area contributed by atoms with Crippen molar-refractivity contribution in [2.24, 2.45) is 5.73 Å². The molecule has 0 rings (SSSR count). The lowest BCUT2D eigenvalue weighted by Crippen LogP contribution is -2.36. The van der Waals surface area contributed by atoms with Crippen molar-refractivity contribution in [3.05, 3.63) is 0 Å². The highest BCUT2D eigenvalue weighted by atomic mass is 16.4. The van der Waals surface area contributed by atoms with Gasteiger partial charge in [0.25, 0.3) is 0 Å². The Kier molecular flexibility index (Phi) is 27.7. The van der Waals surface area contributed by atoms with Gasteiger partial charge in [0, 0.05) is 0 Å². The highest BCUT2D eigenvalue weighted by molar-refractivity contribution is 5.68. The average molecular weight is 347 g/mol. The third-order valence-corrected chi connectivity index (χ3v) is 1.63. The number of likely N-dealkylation sites (N-methyl/N-ethyl adjacent to an activating group) is 1. The van der Waals surface area contributed by atoms with E-state index in [1.54, 1.807) is 0 Å². The average Bonchev–Trinajstić information content (AvgIpc) is 2.46. The van der Waals surface area contributed by atoms with Crippen LogP contribution in [0, 0.1) is 0 Å². The lowest BCUT2D eigenvalue weighted by Gasteiger charge is -2.21. The molecule has 0 aliphatic carbocycles. The van der Waals surface area contributed by atoms with E-state index in [0.717, 1.165) is 11.0 Å². The zero-order valence-corrected chi connectivity index (χ0v) is 14.5. The van der Waals surface area contributed by atoms with Gasteiger partial charge >= 0.3 is 5.97 Å². The Morgan fingerprint density at radius 3 is 1.30 bits per heavy atom. The maximum absolute atomic E-state index is 9.24. The minimum absolute atomic E-state index is 0.139. The lowest BCUT2D eigenvalue weighted by atomic mass is 10.4. The summed E-state index contributed by atoms with van der Waals surface area (Å²) in [6.07, 6.45) is -1.51. The molecule has 0 saturated heterocycles. The number of aliphatic hydroxyl groups is 6. The number of hydrogen-bond acceptors (Lipinski definition) is 8. The third kappa shape index (κ3) is 62.4. The van der Waals surface area contributed by atoms with E-state index in [9.17, 15) is 4.79 Å². The van der Waals surface area contributed by atoms with Crippen LogP contribution in [-0.4, -0.2) is 119 Å². The molecule has 0 heterocycles. The topological polar surface area (TPSA) is 185 Å². The SMILES string of the molecule is CC(O)CO.C[N+](C)(C)CCO.NCC(=O)O.OCC(O)CO. The smallest absolute Gasteiger partial charge is 0.317 e. The predicted octanol–water partition coefficient (Wildman–Crippen LogP) is -3.59. The zero-order valence-electron chi connectivity index (χ0n) is 14.5.